The van der Waals surface area contributed by atoms with Crippen LogP contribution in [-0.2, 0) is 10.3 Å². The monoisotopic (exact) mass is 421 g/mol. The Hall–Kier alpha value is -2.60. The zero-order chi connectivity index (χ0) is 21.5. The average Bonchev–Trinajstić information content (AvgIpc) is 3.37. The second-order valence-corrected chi connectivity index (χ2v) is 7.94. The molecule has 0 amide bonds. The lowest BCUT2D eigenvalue weighted by molar-refractivity contribution is 0.0258. The fourth-order valence-corrected chi connectivity index (χ4v) is 4.39. The normalized spacial score (nSPS) is 17.7. The molecule has 3 aromatic rings. The van der Waals surface area contributed by atoms with E-state index in [2.05, 4.69) is 24.0 Å². The van der Waals surface area contributed by atoms with Crippen molar-refractivity contribution in [2.45, 2.75) is 24.9 Å². The Kier molecular flexibility index (Phi) is 7.07. The van der Waals surface area contributed by atoms with Gasteiger partial charge in [0.2, 0.25) is 0 Å². The molecule has 31 heavy (non-hydrogen) atoms. The van der Waals surface area contributed by atoms with Crippen LogP contribution in [-0.4, -0.2) is 49.5 Å². The maximum atomic E-state index is 12.0. The first-order valence-electron chi connectivity index (χ1n) is 11.1. The SMILES string of the molecule is CC[C@H](c1ccccc1)[C@@](O)(c1ccc(OCCN2CCOCC2)cc1)c1ccco1. The van der Waals surface area contributed by atoms with Crippen LogP contribution in [0.5, 0.6) is 5.75 Å². The number of hydrogen-bond donors (Lipinski definition) is 1. The molecule has 0 bridgehead atoms. The molecule has 0 radical (unpaired) electrons. The van der Waals surface area contributed by atoms with Gasteiger partial charge in [-0.15, -0.1) is 0 Å². The van der Waals surface area contributed by atoms with Gasteiger partial charge in [0.25, 0.3) is 0 Å². The zero-order valence-electron chi connectivity index (χ0n) is 18.1. The summed E-state index contributed by atoms with van der Waals surface area (Å²) in [6.45, 7) is 7.10. The Bertz CT molecular complexity index is 904. The molecule has 0 saturated carbocycles. The number of furan rings is 1. The van der Waals surface area contributed by atoms with Gasteiger partial charge in [-0.25, -0.2) is 0 Å². The molecule has 1 fully saturated rings. The Balaban J connectivity index is 1.53. The number of rotatable bonds is 9. The Morgan fingerprint density at radius 3 is 2.39 bits per heavy atom. The van der Waals surface area contributed by atoms with E-state index in [0.717, 1.165) is 56.1 Å². The number of benzene rings is 2. The minimum atomic E-state index is -1.27. The highest BCUT2D eigenvalue weighted by Crippen LogP contribution is 2.44. The van der Waals surface area contributed by atoms with Crippen molar-refractivity contribution in [1.82, 2.24) is 4.90 Å². The van der Waals surface area contributed by atoms with Crippen LogP contribution in [0.2, 0.25) is 0 Å². The largest absolute Gasteiger partial charge is 0.492 e. The molecule has 0 spiro atoms. The number of nitrogens with zero attached hydrogens (tertiary/aromatic N) is 1. The maximum Gasteiger partial charge on any atom is 0.154 e. The van der Waals surface area contributed by atoms with Crippen molar-refractivity contribution >= 4 is 0 Å². The second kappa shape index (κ2) is 10.1. The van der Waals surface area contributed by atoms with Gasteiger partial charge in [0.15, 0.2) is 5.60 Å². The number of ether oxygens (including phenoxy) is 2. The van der Waals surface area contributed by atoms with Gasteiger partial charge in [0.05, 0.1) is 19.5 Å². The molecule has 1 aromatic heterocycles. The van der Waals surface area contributed by atoms with Crippen LogP contribution >= 0.6 is 0 Å². The first-order valence-corrected chi connectivity index (χ1v) is 11.1. The smallest absolute Gasteiger partial charge is 0.154 e. The van der Waals surface area contributed by atoms with Crippen molar-refractivity contribution in [2.75, 3.05) is 39.5 Å². The maximum absolute atomic E-state index is 12.0. The topological polar surface area (TPSA) is 55.1 Å². The summed E-state index contributed by atoms with van der Waals surface area (Å²) >= 11 is 0. The highest BCUT2D eigenvalue weighted by molar-refractivity contribution is 5.40. The van der Waals surface area contributed by atoms with Gasteiger partial charge in [-0.3, -0.25) is 4.90 Å². The van der Waals surface area contributed by atoms with Gasteiger partial charge in [-0.2, -0.15) is 0 Å². The van der Waals surface area contributed by atoms with Crippen molar-refractivity contribution in [1.29, 1.82) is 0 Å². The molecule has 2 heterocycles. The molecule has 5 heteroatoms. The van der Waals surface area contributed by atoms with Gasteiger partial charge in [-0.05, 0) is 41.8 Å². The molecule has 1 N–H and O–H groups in total. The summed E-state index contributed by atoms with van der Waals surface area (Å²) in [5, 5.41) is 12.0. The van der Waals surface area contributed by atoms with E-state index in [-0.39, 0.29) is 5.92 Å². The lowest BCUT2D eigenvalue weighted by Crippen LogP contribution is -2.38. The molecule has 2 aromatic carbocycles. The fraction of sp³-hybridized carbons (Fsp3) is 0.385. The van der Waals surface area contributed by atoms with Crippen LogP contribution in [0.25, 0.3) is 0 Å². The molecule has 0 unspecified atom stereocenters. The van der Waals surface area contributed by atoms with Crippen molar-refractivity contribution < 1.29 is 19.0 Å². The summed E-state index contributed by atoms with van der Waals surface area (Å²) in [4.78, 5) is 2.35. The average molecular weight is 422 g/mol. The van der Waals surface area contributed by atoms with E-state index in [4.69, 9.17) is 13.9 Å². The van der Waals surface area contributed by atoms with Crippen LogP contribution in [0.15, 0.2) is 77.4 Å². The summed E-state index contributed by atoms with van der Waals surface area (Å²) in [7, 11) is 0. The van der Waals surface area contributed by atoms with E-state index in [0.29, 0.717) is 12.4 Å². The van der Waals surface area contributed by atoms with Crippen molar-refractivity contribution in [2.24, 2.45) is 0 Å². The van der Waals surface area contributed by atoms with E-state index in [1.807, 2.05) is 54.6 Å². The molecular formula is C26H31NO4. The molecule has 164 valence electrons. The Morgan fingerprint density at radius 1 is 1.00 bits per heavy atom. The number of morpholine rings is 1. The minimum Gasteiger partial charge on any atom is -0.492 e. The lowest BCUT2D eigenvalue weighted by Gasteiger charge is -2.35. The Morgan fingerprint density at radius 2 is 1.74 bits per heavy atom. The quantitative estimate of drug-likeness (QED) is 0.554. The van der Waals surface area contributed by atoms with Crippen molar-refractivity contribution in [3.8, 4) is 5.75 Å². The first kappa shape index (κ1) is 21.6. The summed E-state index contributed by atoms with van der Waals surface area (Å²) in [5.74, 6) is 1.20. The molecule has 4 rings (SSSR count). The summed E-state index contributed by atoms with van der Waals surface area (Å²) < 4.78 is 17.1. The summed E-state index contributed by atoms with van der Waals surface area (Å²) in [6, 6.07) is 21.5. The number of aliphatic hydroxyl groups is 1. The van der Waals surface area contributed by atoms with Gasteiger partial charge in [0.1, 0.15) is 18.1 Å². The van der Waals surface area contributed by atoms with E-state index in [1.165, 1.54) is 0 Å². The third-order valence-electron chi connectivity index (χ3n) is 6.09. The van der Waals surface area contributed by atoms with Crippen LogP contribution in [0, 0.1) is 0 Å². The molecule has 1 aliphatic rings. The third kappa shape index (κ3) is 4.85. The van der Waals surface area contributed by atoms with Crippen molar-refractivity contribution in [3.63, 3.8) is 0 Å². The highest BCUT2D eigenvalue weighted by Gasteiger charge is 2.42. The van der Waals surface area contributed by atoms with E-state index < -0.39 is 5.60 Å². The summed E-state index contributed by atoms with van der Waals surface area (Å²) in [6.07, 6.45) is 2.38. The van der Waals surface area contributed by atoms with Gasteiger partial charge in [0, 0.05) is 25.6 Å². The van der Waals surface area contributed by atoms with Crippen LogP contribution < -0.4 is 4.74 Å². The van der Waals surface area contributed by atoms with Gasteiger partial charge < -0.3 is 19.0 Å². The van der Waals surface area contributed by atoms with Crippen LogP contribution in [0.4, 0.5) is 0 Å². The predicted octanol–water partition coefficient (Wildman–Crippen LogP) is 4.42. The van der Waals surface area contributed by atoms with Gasteiger partial charge >= 0.3 is 0 Å². The predicted molar refractivity (Wildman–Crippen MR) is 120 cm³/mol. The molecule has 5 nitrogen and oxygen atoms in total. The highest BCUT2D eigenvalue weighted by atomic mass is 16.5. The molecule has 0 aliphatic carbocycles. The van der Waals surface area contributed by atoms with Crippen LogP contribution in [0.3, 0.4) is 0 Å². The number of hydrogen-bond acceptors (Lipinski definition) is 5. The third-order valence-corrected chi connectivity index (χ3v) is 6.09. The van der Waals surface area contributed by atoms with E-state index >= 15 is 0 Å². The molecule has 2 atom stereocenters. The summed E-state index contributed by atoms with van der Waals surface area (Å²) in [5.41, 5.74) is 0.597. The lowest BCUT2D eigenvalue weighted by atomic mass is 9.74. The molecular weight excluding hydrogens is 390 g/mol. The second-order valence-electron chi connectivity index (χ2n) is 7.94. The zero-order valence-corrected chi connectivity index (χ0v) is 18.1. The standard InChI is InChI=1S/C26H31NO4/c1-2-24(21-7-4-3-5-8-21)26(28,25-9-6-17-31-25)22-10-12-23(13-11-22)30-20-16-27-14-18-29-19-15-27/h3-13,17,24,28H,2,14-16,18-20H2,1H3/t24-,26+/m1/s1. The van der Waals surface area contributed by atoms with E-state index in [1.54, 1.807) is 6.26 Å². The Labute approximate surface area is 184 Å². The van der Waals surface area contributed by atoms with Gasteiger partial charge in [-0.1, -0.05) is 49.4 Å². The molecule has 1 saturated heterocycles. The minimum absolute atomic E-state index is 0.145. The first-order chi connectivity index (χ1) is 15.2. The van der Waals surface area contributed by atoms with Crippen molar-refractivity contribution in [3.05, 3.63) is 89.9 Å². The molecule has 1 aliphatic heterocycles. The fourth-order valence-electron chi connectivity index (χ4n) is 4.39. The van der Waals surface area contributed by atoms with E-state index in [9.17, 15) is 5.11 Å². The van der Waals surface area contributed by atoms with Crippen LogP contribution in [0.1, 0.15) is 36.1 Å².